The van der Waals surface area contributed by atoms with Gasteiger partial charge in [-0.05, 0) is 12.1 Å². The first-order valence-electron chi connectivity index (χ1n) is 4.35. The van der Waals surface area contributed by atoms with Gasteiger partial charge in [-0.15, -0.1) is 0 Å². The fraction of sp³-hybridized carbons (Fsp3) is 0. The monoisotopic (exact) mass is 197 g/mol. The van der Waals surface area contributed by atoms with Crippen LogP contribution in [0, 0.1) is 11.3 Å². The van der Waals surface area contributed by atoms with E-state index in [1.165, 1.54) is 0 Å². The van der Waals surface area contributed by atoms with E-state index >= 15 is 0 Å². The van der Waals surface area contributed by atoms with Crippen LogP contribution < -0.4 is 0 Å². The first-order valence-corrected chi connectivity index (χ1v) is 4.35. The maximum absolute atomic E-state index is 9.95. The van der Waals surface area contributed by atoms with Gasteiger partial charge in [-0.2, -0.15) is 0 Å². The molecule has 1 heterocycles. The van der Waals surface area contributed by atoms with E-state index in [0.29, 0.717) is 5.56 Å². The maximum atomic E-state index is 9.95. The molecule has 0 aliphatic heterocycles. The van der Waals surface area contributed by atoms with Crippen molar-refractivity contribution in [2.45, 2.75) is 0 Å². The largest absolute Gasteiger partial charge is 0.498 e. The molecule has 0 saturated carbocycles. The van der Waals surface area contributed by atoms with Crippen molar-refractivity contribution in [2.75, 3.05) is 0 Å². The molecule has 0 unspecified atom stereocenters. The average molecular weight is 197 g/mol. The molecular formula is C11H7N3O. The zero-order chi connectivity index (χ0) is 10.5. The van der Waals surface area contributed by atoms with Crippen molar-refractivity contribution in [3.63, 3.8) is 0 Å². The van der Waals surface area contributed by atoms with Crippen molar-refractivity contribution in [2.24, 2.45) is 0 Å². The summed E-state index contributed by atoms with van der Waals surface area (Å²) in [6.45, 7) is 0. The highest BCUT2D eigenvalue weighted by molar-refractivity contribution is 5.59. The lowest BCUT2D eigenvalue weighted by Gasteiger charge is -1.97. The van der Waals surface area contributed by atoms with Crippen molar-refractivity contribution < 1.29 is 0 Å². The van der Waals surface area contributed by atoms with Gasteiger partial charge < -0.3 is 5.21 Å². The molecule has 4 heteroatoms. The third-order valence-electron chi connectivity index (χ3n) is 1.92. The molecule has 72 valence electrons. The van der Waals surface area contributed by atoms with Crippen LogP contribution in [-0.4, -0.2) is 9.97 Å². The molecule has 4 nitrogen and oxygen atoms in total. The Morgan fingerprint density at radius 3 is 2.53 bits per heavy atom. The average Bonchev–Trinajstić information content (AvgIpc) is 2.32. The van der Waals surface area contributed by atoms with Crippen molar-refractivity contribution in [1.82, 2.24) is 9.97 Å². The predicted octanol–water partition coefficient (Wildman–Crippen LogP) is 2.32. The van der Waals surface area contributed by atoms with E-state index in [1.54, 1.807) is 30.7 Å². The summed E-state index contributed by atoms with van der Waals surface area (Å²) in [6, 6.07) is 9.52. The van der Waals surface area contributed by atoms with Gasteiger partial charge in [0.25, 0.3) is 0 Å². The van der Waals surface area contributed by atoms with Crippen LogP contribution in [0.5, 0.6) is 0 Å². The first-order chi connectivity index (χ1) is 7.40. The lowest BCUT2D eigenvalue weighted by Crippen LogP contribution is -1.84. The van der Waals surface area contributed by atoms with Gasteiger partial charge >= 0.3 is 6.07 Å². The van der Waals surface area contributed by atoms with Crippen molar-refractivity contribution in [3.8, 4) is 17.3 Å². The fourth-order valence-electron chi connectivity index (χ4n) is 1.22. The molecular weight excluding hydrogens is 190 g/mol. The summed E-state index contributed by atoms with van der Waals surface area (Å²) in [5, 5.41) is 12.5. The molecule has 2 aromatic rings. The smallest absolute Gasteiger partial charge is 0.336 e. The minimum Gasteiger partial charge on any atom is -0.498 e. The topological polar surface area (TPSA) is 53.2 Å². The van der Waals surface area contributed by atoms with E-state index in [0.717, 1.165) is 11.3 Å². The maximum Gasteiger partial charge on any atom is 0.336 e. The normalized spacial score (nSPS) is 9.07. The van der Waals surface area contributed by atoms with Crippen LogP contribution in [0.25, 0.3) is 16.3 Å². The fourth-order valence-corrected chi connectivity index (χ4v) is 1.22. The highest BCUT2D eigenvalue weighted by atomic mass is 16.4. The molecule has 0 aliphatic carbocycles. The van der Waals surface area contributed by atoms with Crippen LogP contribution in [0.2, 0.25) is 0 Å². The molecule has 2 rings (SSSR count). The third kappa shape index (κ3) is 2.09. The Hall–Kier alpha value is -2.41. The minimum atomic E-state index is 0.651. The van der Waals surface area contributed by atoms with E-state index in [1.807, 2.05) is 12.1 Å². The van der Waals surface area contributed by atoms with Crippen LogP contribution in [0.1, 0.15) is 5.56 Å². The summed E-state index contributed by atoms with van der Waals surface area (Å²) in [5.41, 5.74) is 2.39. The molecule has 0 aliphatic rings. The molecule has 1 aromatic carbocycles. The second-order valence-corrected chi connectivity index (χ2v) is 2.87. The van der Waals surface area contributed by atoms with Crippen LogP contribution in [0.4, 0.5) is 0 Å². The molecule has 0 N–H and O–H groups in total. The van der Waals surface area contributed by atoms with E-state index in [9.17, 15) is 5.21 Å². The van der Waals surface area contributed by atoms with Gasteiger partial charge in [0.2, 0.25) is 0 Å². The summed E-state index contributed by atoms with van der Waals surface area (Å²) in [6.07, 6.45) is 4.94. The zero-order valence-electron chi connectivity index (χ0n) is 7.79. The van der Waals surface area contributed by atoms with Crippen LogP contribution in [0.15, 0.2) is 42.9 Å². The highest BCUT2D eigenvalue weighted by Crippen LogP contribution is 2.15. The van der Waals surface area contributed by atoms with Crippen molar-refractivity contribution in [3.05, 3.63) is 58.6 Å². The van der Waals surface area contributed by atoms with Gasteiger partial charge in [-0.25, -0.2) is 0 Å². The van der Waals surface area contributed by atoms with Crippen LogP contribution in [0.3, 0.4) is 0 Å². The van der Waals surface area contributed by atoms with Crippen LogP contribution in [-0.2, 0) is 0 Å². The molecule has 0 atom stereocenters. The predicted molar refractivity (Wildman–Crippen MR) is 57.2 cm³/mol. The summed E-state index contributed by atoms with van der Waals surface area (Å²) in [7, 11) is 0. The molecule has 15 heavy (non-hydrogen) atoms. The SMILES string of the molecule is [O-][N+]#Cc1ccc(-c2cnccn2)cc1. The van der Waals surface area contributed by atoms with Crippen molar-refractivity contribution in [1.29, 1.82) is 0 Å². The standard InChI is InChI=1S/C11H7N3O/c15-14-7-9-1-3-10(4-2-9)11-8-12-5-6-13-11/h1-6,8H. The van der Waals surface area contributed by atoms with Crippen LogP contribution >= 0.6 is 0 Å². The van der Waals surface area contributed by atoms with E-state index in [-0.39, 0.29) is 0 Å². The van der Waals surface area contributed by atoms with Gasteiger partial charge in [0, 0.05) is 23.0 Å². The first kappa shape index (κ1) is 9.16. The second-order valence-electron chi connectivity index (χ2n) is 2.87. The molecule has 0 bridgehead atoms. The number of nitrogens with zero attached hydrogens (tertiary/aromatic N) is 3. The Morgan fingerprint density at radius 1 is 1.13 bits per heavy atom. The Kier molecular flexibility index (Phi) is 2.56. The van der Waals surface area contributed by atoms with E-state index in [2.05, 4.69) is 21.0 Å². The number of benzene rings is 1. The van der Waals surface area contributed by atoms with Gasteiger partial charge in [0.15, 0.2) is 0 Å². The molecule has 1 aromatic heterocycles. The molecule has 0 spiro atoms. The van der Waals surface area contributed by atoms with E-state index in [4.69, 9.17) is 0 Å². The quantitative estimate of drug-likeness (QED) is 0.659. The zero-order valence-corrected chi connectivity index (χ0v) is 7.79. The van der Waals surface area contributed by atoms with Gasteiger partial charge in [-0.3, -0.25) is 9.97 Å². The minimum absolute atomic E-state index is 0.651. The molecule has 0 amide bonds. The van der Waals surface area contributed by atoms with E-state index < -0.39 is 0 Å². The summed E-state index contributed by atoms with van der Waals surface area (Å²) in [4.78, 5) is 8.13. The molecule has 0 radical (unpaired) electrons. The van der Waals surface area contributed by atoms with Crippen molar-refractivity contribution >= 4 is 0 Å². The number of aromatic nitrogens is 2. The Bertz CT molecular complexity index is 497. The lowest BCUT2D eigenvalue weighted by atomic mass is 10.1. The van der Waals surface area contributed by atoms with Gasteiger partial charge in [-0.1, -0.05) is 12.1 Å². The molecule has 0 fully saturated rings. The second kappa shape index (κ2) is 4.20. The Morgan fingerprint density at radius 2 is 1.93 bits per heavy atom. The summed E-state index contributed by atoms with van der Waals surface area (Å²) >= 11 is 0. The van der Waals surface area contributed by atoms with Gasteiger partial charge in [0.05, 0.1) is 11.9 Å². The third-order valence-corrected chi connectivity index (χ3v) is 1.92. The number of rotatable bonds is 1. The Labute approximate surface area is 86.6 Å². The highest BCUT2D eigenvalue weighted by Gasteiger charge is 1.99. The number of hydrogen-bond donors (Lipinski definition) is 0. The molecule has 0 saturated heterocycles. The summed E-state index contributed by atoms with van der Waals surface area (Å²) in [5.74, 6) is 0. The lowest BCUT2D eigenvalue weighted by molar-refractivity contribution is 1.21. The van der Waals surface area contributed by atoms with Gasteiger partial charge in [0.1, 0.15) is 5.56 Å². The Balaban J connectivity index is 2.35. The summed E-state index contributed by atoms with van der Waals surface area (Å²) < 4.78 is 0. The number of hydrogen-bond acceptors (Lipinski definition) is 3.